The Morgan fingerprint density at radius 2 is 2.00 bits per heavy atom. The zero-order valence-electron chi connectivity index (χ0n) is 13.0. The van der Waals surface area contributed by atoms with E-state index in [1.807, 2.05) is 0 Å². The van der Waals surface area contributed by atoms with Crippen molar-refractivity contribution >= 4 is 17.7 Å². The number of anilines is 1. The number of carbonyl (C=O) groups is 2. The van der Waals surface area contributed by atoms with Gasteiger partial charge in [0.1, 0.15) is 6.10 Å². The number of rotatable bonds is 8. The molecule has 1 aromatic rings. The second kappa shape index (κ2) is 7.82. The highest BCUT2D eigenvalue weighted by molar-refractivity contribution is 5.89. The van der Waals surface area contributed by atoms with Gasteiger partial charge in [-0.05, 0) is 30.5 Å². The van der Waals surface area contributed by atoms with Crippen LogP contribution in [0.3, 0.4) is 0 Å². The Morgan fingerprint density at radius 1 is 1.27 bits per heavy atom. The smallest absolute Gasteiger partial charge is 0.414 e. The maximum absolute atomic E-state index is 11.9. The molecule has 1 aliphatic heterocycles. The number of nitrogens with zero attached hydrogens (tertiary/aromatic N) is 1. The van der Waals surface area contributed by atoms with Crippen LogP contribution in [0.4, 0.5) is 10.5 Å². The Balaban J connectivity index is 1.89. The number of carbonyl (C=O) groups excluding carboxylic acids is 1. The van der Waals surface area contributed by atoms with E-state index in [9.17, 15) is 9.59 Å². The van der Waals surface area contributed by atoms with Gasteiger partial charge in [0.05, 0.1) is 13.0 Å². The summed E-state index contributed by atoms with van der Waals surface area (Å²) in [6, 6.07) is 7.04. The molecule has 5 nitrogen and oxygen atoms in total. The molecule has 0 spiro atoms. The molecule has 1 aromatic carbocycles. The summed E-state index contributed by atoms with van der Waals surface area (Å²) < 4.78 is 5.40. The number of carboxylic acids is 1. The second-order valence-corrected chi connectivity index (χ2v) is 5.70. The minimum Gasteiger partial charge on any atom is -0.481 e. The van der Waals surface area contributed by atoms with E-state index in [2.05, 4.69) is 6.92 Å². The Labute approximate surface area is 130 Å². The van der Waals surface area contributed by atoms with E-state index in [0.717, 1.165) is 24.1 Å². The van der Waals surface area contributed by atoms with E-state index in [4.69, 9.17) is 9.84 Å². The molecule has 1 heterocycles. The van der Waals surface area contributed by atoms with Crippen LogP contribution in [0.2, 0.25) is 0 Å². The quantitative estimate of drug-likeness (QED) is 0.745. The molecule has 0 aliphatic carbocycles. The number of hydrogen-bond acceptors (Lipinski definition) is 3. The van der Waals surface area contributed by atoms with Crippen molar-refractivity contribution in [3.8, 4) is 0 Å². The van der Waals surface area contributed by atoms with Gasteiger partial charge in [0.25, 0.3) is 0 Å². The van der Waals surface area contributed by atoms with Crippen LogP contribution in [0.15, 0.2) is 24.3 Å². The molecule has 0 bridgehead atoms. The van der Waals surface area contributed by atoms with E-state index < -0.39 is 5.97 Å². The van der Waals surface area contributed by atoms with Gasteiger partial charge in [-0.1, -0.05) is 38.3 Å². The van der Waals surface area contributed by atoms with Crippen molar-refractivity contribution in [3.05, 3.63) is 29.8 Å². The normalized spacial score (nSPS) is 17.6. The molecular formula is C17H23NO4. The number of benzene rings is 1. The fourth-order valence-electron chi connectivity index (χ4n) is 2.65. The van der Waals surface area contributed by atoms with Crippen LogP contribution in [0.25, 0.3) is 0 Å². The summed E-state index contributed by atoms with van der Waals surface area (Å²) in [7, 11) is 0. The zero-order valence-corrected chi connectivity index (χ0v) is 13.0. The van der Waals surface area contributed by atoms with Crippen molar-refractivity contribution in [3.63, 3.8) is 0 Å². The van der Waals surface area contributed by atoms with Gasteiger partial charge in [0.2, 0.25) is 0 Å². The summed E-state index contributed by atoms with van der Waals surface area (Å²) in [5.74, 6) is -0.861. The number of ether oxygens (including phenoxy) is 1. The average Bonchev–Trinajstić information content (AvgIpc) is 2.85. The Kier molecular flexibility index (Phi) is 5.81. The van der Waals surface area contributed by atoms with Gasteiger partial charge in [-0.15, -0.1) is 0 Å². The predicted octanol–water partition coefficient (Wildman–Crippen LogP) is 3.61. The molecule has 1 saturated heterocycles. The van der Waals surface area contributed by atoms with Crippen molar-refractivity contribution < 1.29 is 19.4 Å². The zero-order chi connectivity index (χ0) is 15.9. The molecule has 0 aromatic heterocycles. The first-order valence-electron chi connectivity index (χ1n) is 7.89. The molecule has 1 aliphatic rings. The van der Waals surface area contributed by atoms with E-state index >= 15 is 0 Å². The second-order valence-electron chi connectivity index (χ2n) is 5.70. The minimum atomic E-state index is -0.861. The lowest BCUT2D eigenvalue weighted by Crippen LogP contribution is -2.24. The summed E-state index contributed by atoms with van der Waals surface area (Å²) in [5, 5.41) is 8.76. The standard InChI is InChI=1S/C17H23NO4/c1-2-3-4-5-6-15-12-18(17(21)22-15)14-9-7-13(8-10-14)11-16(19)20/h7-10,15H,2-6,11-12H2,1H3,(H,19,20). The van der Waals surface area contributed by atoms with Gasteiger partial charge in [-0.2, -0.15) is 0 Å². The lowest BCUT2D eigenvalue weighted by molar-refractivity contribution is -0.136. The van der Waals surface area contributed by atoms with Gasteiger partial charge >= 0.3 is 12.1 Å². The van der Waals surface area contributed by atoms with Crippen LogP contribution in [0.1, 0.15) is 44.6 Å². The molecule has 1 atom stereocenters. The molecule has 5 heteroatoms. The number of hydrogen-bond donors (Lipinski definition) is 1. The van der Waals surface area contributed by atoms with E-state index in [1.54, 1.807) is 29.2 Å². The molecule has 22 heavy (non-hydrogen) atoms. The average molecular weight is 305 g/mol. The van der Waals surface area contributed by atoms with E-state index in [0.29, 0.717) is 6.54 Å². The first-order chi connectivity index (χ1) is 10.6. The van der Waals surface area contributed by atoms with Crippen molar-refractivity contribution in [1.82, 2.24) is 0 Å². The van der Waals surface area contributed by atoms with Crippen molar-refractivity contribution in [1.29, 1.82) is 0 Å². The van der Waals surface area contributed by atoms with Crippen LogP contribution >= 0.6 is 0 Å². The largest absolute Gasteiger partial charge is 0.481 e. The lowest BCUT2D eigenvalue weighted by atomic mass is 10.1. The molecule has 1 amide bonds. The molecule has 1 N–H and O–H groups in total. The summed E-state index contributed by atoms with van der Waals surface area (Å²) in [6.45, 7) is 2.74. The Hall–Kier alpha value is -2.04. The third kappa shape index (κ3) is 4.48. The molecule has 0 radical (unpaired) electrons. The molecular weight excluding hydrogens is 282 g/mol. The van der Waals surface area contributed by atoms with Crippen LogP contribution in [0.5, 0.6) is 0 Å². The molecule has 1 unspecified atom stereocenters. The monoisotopic (exact) mass is 305 g/mol. The Bertz CT molecular complexity index is 512. The van der Waals surface area contributed by atoms with E-state index in [1.165, 1.54) is 19.3 Å². The lowest BCUT2D eigenvalue weighted by Gasteiger charge is -2.13. The van der Waals surface area contributed by atoms with Crippen LogP contribution < -0.4 is 4.90 Å². The van der Waals surface area contributed by atoms with Crippen LogP contribution in [-0.4, -0.2) is 29.8 Å². The van der Waals surface area contributed by atoms with E-state index in [-0.39, 0.29) is 18.6 Å². The summed E-state index contributed by atoms with van der Waals surface area (Å²) in [6.07, 6.45) is 5.21. The van der Waals surface area contributed by atoms with Gasteiger partial charge in [-0.25, -0.2) is 4.79 Å². The van der Waals surface area contributed by atoms with Gasteiger partial charge in [0, 0.05) is 5.69 Å². The number of unbranched alkanes of at least 4 members (excludes halogenated alkanes) is 3. The summed E-state index contributed by atoms with van der Waals surface area (Å²) in [5.41, 5.74) is 1.48. The number of aliphatic carboxylic acids is 1. The molecule has 1 fully saturated rings. The number of carboxylic acid groups (broad SMARTS) is 1. The number of cyclic esters (lactones) is 1. The highest BCUT2D eigenvalue weighted by Gasteiger charge is 2.31. The summed E-state index contributed by atoms with van der Waals surface area (Å²) >= 11 is 0. The third-order valence-electron chi connectivity index (χ3n) is 3.86. The van der Waals surface area contributed by atoms with Gasteiger partial charge < -0.3 is 9.84 Å². The van der Waals surface area contributed by atoms with Gasteiger partial charge in [0.15, 0.2) is 0 Å². The SMILES string of the molecule is CCCCCCC1CN(c2ccc(CC(=O)O)cc2)C(=O)O1. The van der Waals surface area contributed by atoms with Crippen LogP contribution in [-0.2, 0) is 16.0 Å². The third-order valence-corrected chi connectivity index (χ3v) is 3.86. The minimum absolute atomic E-state index is 0.00915. The topological polar surface area (TPSA) is 66.8 Å². The van der Waals surface area contributed by atoms with Crippen molar-refractivity contribution in [2.75, 3.05) is 11.4 Å². The van der Waals surface area contributed by atoms with Gasteiger partial charge in [-0.3, -0.25) is 9.69 Å². The van der Waals surface area contributed by atoms with Crippen molar-refractivity contribution in [2.24, 2.45) is 0 Å². The Morgan fingerprint density at radius 3 is 2.64 bits per heavy atom. The molecule has 0 saturated carbocycles. The number of amides is 1. The highest BCUT2D eigenvalue weighted by atomic mass is 16.6. The fourth-order valence-corrected chi connectivity index (χ4v) is 2.65. The predicted molar refractivity (Wildman–Crippen MR) is 84.2 cm³/mol. The molecule has 120 valence electrons. The first-order valence-corrected chi connectivity index (χ1v) is 7.89. The fraction of sp³-hybridized carbons (Fsp3) is 0.529. The maximum Gasteiger partial charge on any atom is 0.414 e. The first kappa shape index (κ1) is 16.3. The summed E-state index contributed by atoms with van der Waals surface area (Å²) in [4.78, 5) is 24.2. The van der Waals surface area contributed by atoms with Crippen LogP contribution in [0, 0.1) is 0 Å². The van der Waals surface area contributed by atoms with Crippen molar-refractivity contribution in [2.45, 2.75) is 51.6 Å². The maximum atomic E-state index is 11.9. The highest BCUT2D eigenvalue weighted by Crippen LogP contribution is 2.24. The molecule has 2 rings (SSSR count).